The van der Waals surface area contributed by atoms with Crippen LogP contribution < -0.4 is 19.8 Å². The summed E-state index contributed by atoms with van der Waals surface area (Å²) >= 11 is 0. The number of nitrogens with zero attached hydrogens (tertiary/aromatic N) is 1. The van der Waals surface area contributed by atoms with Crippen molar-refractivity contribution >= 4 is 16.8 Å². The van der Waals surface area contributed by atoms with Gasteiger partial charge in [-0.2, -0.15) is 0 Å². The standard InChI is InChI=1S/C25H28N2O6/c1-30-21-12-17(13-22(31-2)23(21)32-3)25(29)27(15-19-8-6-10-33-19)14-18-11-16-7-4-5-9-20(16)26-24(18)28/h4-5,7,9,11-13,19H,6,8,10,14-15H2,1-3H3,(H,26,28)/t19-/m1/s1. The van der Waals surface area contributed by atoms with Crippen LogP contribution in [0.1, 0.15) is 28.8 Å². The largest absolute Gasteiger partial charge is 0.493 e. The van der Waals surface area contributed by atoms with E-state index in [1.807, 2.05) is 30.3 Å². The van der Waals surface area contributed by atoms with Crippen LogP contribution in [0.2, 0.25) is 0 Å². The molecule has 0 saturated carbocycles. The molecule has 3 aromatic rings. The van der Waals surface area contributed by atoms with Crippen molar-refractivity contribution in [2.75, 3.05) is 34.5 Å². The van der Waals surface area contributed by atoms with Crippen LogP contribution in [0.25, 0.3) is 10.9 Å². The molecule has 0 spiro atoms. The summed E-state index contributed by atoms with van der Waals surface area (Å²) < 4.78 is 22.0. The van der Waals surface area contributed by atoms with Crippen LogP contribution in [0.4, 0.5) is 0 Å². The Morgan fingerprint density at radius 1 is 1.09 bits per heavy atom. The molecular formula is C25H28N2O6. The zero-order valence-corrected chi connectivity index (χ0v) is 19.1. The molecule has 0 radical (unpaired) electrons. The Balaban J connectivity index is 1.71. The molecule has 1 saturated heterocycles. The van der Waals surface area contributed by atoms with E-state index in [1.54, 1.807) is 17.0 Å². The number of pyridine rings is 1. The lowest BCUT2D eigenvalue weighted by Crippen LogP contribution is -2.38. The van der Waals surface area contributed by atoms with E-state index in [9.17, 15) is 9.59 Å². The molecule has 0 bridgehead atoms. The molecule has 0 aliphatic carbocycles. The Morgan fingerprint density at radius 3 is 2.45 bits per heavy atom. The summed E-state index contributed by atoms with van der Waals surface area (Å²) in [7, 11) is 4.52. The van der Waals surface area contributed by atoms with Crippen molar-refractivity contribution in [1.82, 2.24) is 9.88 Å². The molecule has 8 heteroatoms. The molecular weight excluding hydrogens is 424 g/mol. The highest BCUT2D eigenvalue weighted by Gasteiger charge is 2.26. The zero-order chi connectivity index (χ0) is 23.4. The number of hydrogen-bond donors (Lipinski definition) is 1. The maximum Gasteiger partial charge on any atom is 0.254 e. The van der Waals surface area contributed by atoms with Crippen LogP contribution in [-0.4, -0.2) is 56.4 Å². The van der Waals surface area contributed by atoms with Crippen LogP contribution >= 0.6 is 0 Å². The second kappa shape index (κ2) is 9.95. The van der Waals surface area contributed by atoms with Gasteiger partial charge in [-0.05, 0) is 42.5 Å². The number of aromatic nitrogens is 1. The van der Waals surface area contributed by atoms with Gasteiger partial charge in [-0.3, -0.25) is 9.59 Å². The molecule has 1 aliphatic rings. The third-order valence-corrected chi connectivity index (χ3v) is 5.84. The van der Waals surface area contributed by atoms with Gasteiger partial charge in [-0.25, -0.2) is 0 Å². The first-order valence-electron chi connectivity index (χ1n) is 10.9. The summed E-state index contributed by atoms with van der Waals surface area (Å²) in [5.41, 5.74) is 1.42. The van der Waals surface area contributed by atoms with Gasteiger partial charge in [0.05, 0.1) is 34.0 Å². The molecule has 1 atom stereocenters. The van der Waals surface area contributed by atoms with Gasteiger partial charge < -0.3 is 28.8 Å². The normalized spacial score (nSPS) is 15.4. The van der Waals surface area contributed by atoms with Gasteiger partial charge in [-0.1, -0.05) is 18.2 Å². The number of para-hydroxylation sites is 1. The molecule has 33 heavy (non-hydrogen) atoms. The Morgan fingerprint density at radius 2 is 1.82 bits per heavy atom. The number of benzene rings is 2. The fraction of sp³-hybridized carbons (Fsp3) is 0.360. The van der Waals surface area contributed by atoms with E-state index in [0.717, 1.165) is 23.7 Å². The predicted molar refractivity (Wildman–Crippen MR) is 124 cm³/mol. The number of aromatic amines is 1. The summed E-state index contributed by atoms with van der Waals surface area (Å²) in [6.07, 6.45) is 1.75. The van der Waals surface area contributed by atoms with Crippen molar-refractivity contribution < 1.29 is 23.7 Å². The monoisotopic (exact) mass is 452 g/mol. The molecule has 2 heterocycles. The molecule has 8 nitrogen and oxygen atoms in total. The van der Waals surface area contributed by atoms with Gasteiger partial charge in [-0.15, -0.1) is 0 Å². The summed E-state index contributed by atoms with van der Waals surface area (Å²) in [5.74, 6) is 0.937. The van der Waals surface area contributed by atoms with Crippen LogP contribution in [0.3, 0.4) is 0 Å². The fourth-order valence-electron chi connectivity index (χ4n) is 4.16. The number of rotatable bonds is 8. The van der Waals surface area contributed by atoms with Crippen molar-refractivity contribution in [2.24, 2.45) is 0 Å². The van der Waals surface area contributed by atoms with Crippen molar-refractivity contribution in [3.05, 3.63) is 63.9 Å². The maximum absolute atomic E-state index is 13.7. The van der Waals surface area contributed by atoms with Gasteiger partial charge in [0, 0.05) is 29.8 Å². The SMILES string of the molecule is COc1cc(C(=O)N(Cc2cc3ccccc3[nH]c2=O)C[C@H]2CCCO2)cc(OC)c1OC. The number of fused-ring (bicyclic) bond motifs is 1. The second-order valence-corrected chi connectivity index (χ2v) is 7.95. The van der Waals surface area contributed by atoms with Gasteiger partial charge in [0.2, 0.25) is 5.75 Å². The van der Waals surface area contributed by atoms with Crippen molar-refractivity contribution in [2.45, 2.75) is 25.5 Å². The lowest BCUT2D eigenvalue weighted by molar-refractivity contribution is 0.0506. The third-order valence-electron chi connectivity index (χ3n) is 5.84. The van der Waals surface area contributed by atoms with E-state index in [4.69, 9.17) is 18.9 Å². The molecule has 1 N–H and O–H groups in total. The van der Waals surface area contributed by atoms with E-state index in [0.29, 0.717) is 41.5 Å². The van der Waals surface area contributed by atoms with E-state index in [1.165, 1.54) is 21.3 Å². The minimum atomic E-state index is -0.252. The van der Waals surface area contributed by atoms with E-state index in [2.05, 4.69) is 4.98 Å². The number of H-pyrrole nitrogens is 1. The van der Waals surface area contributed by atoms with Crippen molar-refractivity contribution in [3.8, 4) is 17.2 Å². The minimum absolute atomic E-state index is 0.0736. The van der Waals surface area contributed by atoms with E-state index < -0.39 is 0 Å². The quantitative estimate of drug-likeness (QED) is 0.564. The number of carbonyl (C=O) groups excluding carboxylic acids is 1. The Bertz CT molecular complexity index is 1170. The molecule has 1 amide bonds. The molecule has 1 aliphatic heterocycles. The molecule has 1 fully saturated rings. The van der Waals surface area contributed by atoms with Crippen molar-refractivity contribution in [1.29, 1.82) is 0 Å². The van der Waals surface area contributed by atoms with Crippen molar-refractivity contribution in [3.63, 3.8) is 0 Å². The number of carbonyl (C=O) groups is 1. The summed E-state index contributed by atoms with van der Waals surface area (Å²) in [6.45, 7) is 1.20. The number of ether oxygens (including phenoxy) is 4. The zero-order valence-electron chi connectivity index (χ0n) is 19.1. The molecule has 4 rings (SSSR count). The lowest BCUT2D eigenvalue weighted by atomic mass is 10.1. The fourth-order valence-corrected chi connectivity index (χ4v) is 4.16. The second-order valence-electron chi connectivity index (χ2n) is 7.95. The highest BCUT2D eigenvalue weighted by molar-refractivity contribution is 5.95. The van der Waals surface area contributed by atoms with Gasteiger partial charge >= 0.3 is 0 Å². The average molecular weight is 453 g/mol. The third kappa shape index (κ3) is 4.80. The maximum atomic E-state index is 13.7. The Hall–Kier alpha value is -3.52. The number of amides is 1. The Kier molecular flexibility index (Phi) is 6.84. The van der Waals surface area contributed by atoms with Crippen LogP contribution in [0.15, 0.2) is 47.3 Å². The van der Waals surface area contributed by atoms with Crippen LogP contribution in [0, 0.1) is 0 Å². The predicted octanol–water partition coefficient (Wildman–Crippen LogP) is 3.38. The van der Waals surface area contributed by atoms with Crippen LogP contribution in [0.5, 0.6) is 17.2 Å². The minimum Gasteiger partial charge on any atom is -0.493 e. The highest BCUT2D eigenvalue weighted by atomic mass is 16.5. The smallest absolute Gasteiger partial charge is 0.254 e. The first-order chi connectivity index (χ1) is 16.0. The molecule has 1 aromatic heterocycles. The summed E-state index contributed by atoms with van der Waals surface area (Å²) in [4.78, 5) is 31.0. The first kappa shape index (κ1) is 22.7. The number of hydrogen-bond acceptors (Lipinski definition) is 6. The number of methoxy groups -OCH3 is 3. The van der Waals surface area contributed by atoms with Gasteiger partial charge in [0.15, 0.2) is 11.5 Å². The molecule has 2 aromatic carbocycles. The molecule has 174 valence electrons. The first-order valence-corrected chi connectivity index (χ1v) is 10.9. The topological polar surface area (TPSA) is 90.1 Å². The highest BCUT2D eigenvalue weighted by Crippen LogP contribution is 2.38. The lowest BCUT2D eigenvalue weighted by Gasteiger charge is -2.26. The summed E-state index contributed by atoms with van der Waals surface area (Å²) in [6, 6.07) is 12.6. The molecule has 0 unspecified atom stereocenters. The van der Waals surface area contributed by atoms with E-state index >= 15 is 0 Å². The van der Waals surface area contributed by atoms with Gasteiger partial charge in [0.1, 0.15) is 0 Å². The Labute approximate surface area is 192 Å². The number of nitrogens with one attached hydrogen (secondary N) is 1. The average Bonchev–Trinajstić information content (AvgIpc) is 3.35. The van der Waals surface area contributed by atoms with Gasteiger partial charge in [0.25, 0.3) is 11.5 Å². The van der Waals surface area contributed by atoms with E-state index in [-0.39, 0.29) is 24.1 Å². The van der Waals surface area contributed by atoms with Crippen LogP contribution in [-0.2, 0) is 11.3 Å². The summed E-state index contributed by atoms with van der Waals surface area (Å²) in [5, 5.41) is 0.907.